The number of amides is 1. The zero-order valence-electron chi connectivity index (χ0n) is 12.1. The molecule has 0 radical (unpaired) electrons. The van der Waals surface area contributed by atoms with Crippen molar-refractivity contribution in [3.8, 4) is 0 Å². The number of hydrogen-bond acceptors (Lipinski definition) is 3. The van der Waals surface area contributed by atoms with E-state index in [1.165, 1.54) is 0 Å². The predicted octanol–water partition coefficient (Wildman–Crippen LogP) is 3.27. The number of hydrogen-bond donors (Lipinski definition) is 2. The van der Waals surface area contributed by atoms with Gasteiger partial charge in [0.1, 0.15) is 5.60 Å². The van der Waals surface area contributed by atoms with Crippen LogP contribution in [0.3, 0.4) is 0 Å². The molecule has 1 heterocycles. The highest BCUT2D eigenvalue weighted by molar-refractivity contribution is 6.30. The maximum absolute atomic E-state index is 11.9. The summed E-state index contributed by atoms with van der Waals surface area (Å²) < 4.78 is 5.30. The van der Waals surface area contributed by atoms with E-state index in [1.807, 2.05) is 45.0 Å². The summed E-state index contributed by atoms with van der Waals surface area (Å²) in [5, 5.41) is 7.05. The largest absolute Gasteiger partial charge is 0.444 e. The van der Waals surface area contributed by atoms with Crippen LogP contribution in [-0.2, 0) is 4.74 Å². The average Bonchev–Trinajstić information content (AvgIpc) is 2.75. The number of halogens is 1. The molecular formula is C15H21ClN2O2. The van der Waals surface area contributed by atoms with Crippen molar-refractivity contribution < 1.29 is 9.53 Å². The van der Waals surface area contributed by atoms with Crippen LogP contribution in [0.2, 0.25) is 5.02 Å². The summed E-state index contributed by atoms with van der Waals surface area (Å²) >= 11 is 5.90. The van der Waals surface area contributed by atoms with Gasteiger partial charge in [0.05, 0.1) is 12.1 Å². The number of carbonyl (C=O) groups is 1. The third kappa shape index (κ3) is 4.12. The normalized spacial score (nSPS) is 22.6. The van der Waals surface area contributed by atoms with Crippen molar-refractivity contribution in [1.82, 2.24) is 10.6 Å². The van der Waals surface area contributed by atoms with Crippen molar-refractivity contribution in [3.63, 3.8) is 0 Å². The number of rotatable bonds is 2. The third-order valence-electron chi connectivity index (χ3n) is 3.15. The SMILES string of the molecule is CC(C)(C)OC(=O)NC1CCNC1c1ccc(Cl)cc1. The second-order valence-electron chi connectivity index (χ2n) is 6.02. The summed E-state index contributed by atoms with van der Waals surface area (Å²) in [6, 6.07) is 7.82. The lowest BCUT2D eigenvalue weighted by Crippen LogP contribution is -2.41. The van der Waals surface area contributed by atoms with Gasteiger partial charge in [0.15, 0.2) is 0 Å². The second-order valence-corrected chi connectivity index (χ2v) is 6.46. The molecule has 1 amide bonds. The molecule has 0 bridgehead atoms. The summed E-state index contributed by atoms with van der Waals surface area (Å²) in [4.78, 5) is 11.9. The van der Waals surface area contributed by atoms with Crippen molar-refractivity contribution in [2.75, 3.05) is 6.54 Å². The highest BCUT2D eigenvalue weighted by Gasteiger charge is 2.30. The lowest BCUT2D eigenvalue weighted by Gasteiger charge is -2.24. The molecule has 5 heteroatoms. The van der Waals surface area contributed by atoms with E-state index in [0.717, 1.165) is 18.5 Å². The molecule has 0 spiro atoms. The van der Waals surface area contributed by atoms with E-state index in [-0.39, 0.29) is 18.2 Å². The maximum Gasteiger partial charge on any atom is 0.407 e. The molecule has 0 aliphatic carbocycles. The van der Waals surface area contributed by atoms with Gasteiger partial charge in [-0.3, -0.25) is 0 Å². The minimum Gasteiger partial charge on any atom is -0.444 e. The number of carbonyl (C=O) groups excluding carboxylic acids is 1. The monoisotopic (exact) mass is 296 g/mol. The van der Waals surface area contributed by atoms with Crippen molar-refractivity contribution in [2.24, 2.45) is 0 Å². The average molecular weight is 297 g/mol. The van der Waals surface area contributed by atoms with E-state index in [2.05, 4.69) is 10.6 Å². The first-order valence-corrected chi connectivity index (χ1v) is 7.21. The van der Waals surface area contributed by atoms with Gasteiger partial charge in [-0.05, 0) is 51.4 Å². The van der Waals surface area contributed by atoms with Crippen molar-refractivity contribution in [2.45, 2.75) is 44.9 Å². The molecule has 1 aromatic rings. The Hall–Kier alpha value is -1.26. The molecular weight excluding hydrogens is 276 g/mol. The molecule has 2 N–H and O–H groups in total. The van der Waals surface area contributed by atoms with Crippen LogP contribution in [0.5, 0.6) is 0 Å². The first-order valence-electron chi connectivity index (χ1n) is 6.83. The van der Waals surface area contributed by atoms with Crippen LogP contribution in [0.25, 0.3) is 0 Å². The molecule has 1 saturated heterocycles. The maximum atomic E-state index is 11.9. The molecule has 2 atom stereocenters. The van der Waals surface area contributed by atoms with Gasteiger partial charge >= 0.3 is 6.09 Å². The molecule has 20 heavy (non-hydrogen) atoms. The van der Waals surface area contributed by atoms with Gasteiger partial charge in [0.25, 0.3) is 0 Å². The smallest absolute Gasteiger partial charge is 0.407 e. The summed E-state index contributed by atoms with van der Waals surface area (Å²) in [6.07, 6.45) is 0.511. The summed E-state index contributed by atoms with van der Waals surface area (Å²) in [7, 11) is 0. The van der Waals surface area contributed by atoms with Crippen molar-refractivity contribution in [3.05, 3.63) is 34.9 Å². The zero-order valence-corrected chi connectivity index (χ0v) is 12.8. The van der Waals surface area contributed by atoms with Gasteiger partial charge < -0.3 is 15.4 Å². The molecule has 110 valence electrons. The van der Waals surface area contributed by atoms with Crippen LogP contribution in [0.4, 0.5) is 4.79 Å². The molecule has 4 nitrogen and oxygen atoms in total. The van der Waals surface area contributed by atoms with E-state index in [4.69, 9.17) is 16.3 Å². The molecule has 2 unspecified atom stereocenters. The summed E-state index contributed by atoms with van der Waals surface area (Å²) in [5.41, 5.74) is 0.638. The van der Waals surface area contributed by atoms with E-state index in [0.29, 0.717) is 5.02 Å². The Morgan fingerprint density at radius 1 is 1.35 bits per heavy atom. The summed E-state index contributed by atoms with van der Waals surface area (Å²) in [6.45, 7) is 6.44. The van der Waals surface area contributed by atoms with Crippen LogP contribution in [0, 0.1) is 0 Å². The van der Waals surface area contributed by atoms with Crippen LogP contribution < -0.4 is 10.6 Å². The highest BCUT2D eigenvalue weighted by atomic mass is 35.5. The molecule has 2 rings (SSSR count). The van der Waals surface area contributed by atoms with Gasteiger partial charge in [-0.25, -0.2) is 4.79 Å². The lowest BCUT2D eigenvalue weighted by molar-refractivity contribution is 0.0500. The Labute approximate surface area is 124 Å². The fourth-order valence-electron chi connectivity index (χ4n) is 2.34. The summed E-state index contributed by atoms with van der Waals surface area (Å²) in [5.74, 6) is 0. The molecule has 1 aliphatic rings. The first-order chi connectivity index (χ1) is 9.35. The van der Waals surface area contributed by atoms with Gasteiger partial charge in [-0.2, -0.15) is 0 Å². The predicted molar refractivity (Wildman–Crippen MR) is 80.0 cm³/mol. The van der Waals surface area contributed by atoms with Gasteiger partial charge in [0.2, 0.25) is 0 Å². The topological polar surface area (TPSA) is 50.4 Å². The van der Waals surface area contributed by atoms with Crippen LogP contribution in [0.1, 0.15) is 38.8 Å². The fraction of sp³-hybridized carbons (Fsp3) is 0.533. The minimum atomic E-state index is -0.480. The number of ether oxygens (including phenoxy) is 1. The molecule has 1 aliphatic heterocycles. The van der Waals surface area contributed by atoms with Crippen LogP contribution in [0.15, 0.2) is 24.3 Å². The minimum absolute atomic E-state index is 0.0334. The van der Waals surface area contributed by atoms with E-state index >= 15 is 0 Å². The first kappa shape index (κ1) is 15.1. The third-order valence-corrected chi connectivity index (χ3v) is 3.41. The molecule has 1 fully saturated rings. The number of nitrogens with one attached hydrogen (secondary N) is 2. The van der Waals surface area contributed by atoms with Gasteiger partial charge in [0, 0.05) is 5.02 Å². The van der Waals surface area contributed by atoms with Crippen LogP contribution in [-0.4, -0.2) is 24.3 Å². The van der Waals surface area contributed by atoms with Crippen molar-refractivity contribution in [1.29, 1.82) is 0 Å². The number of alkyl carbamates (subject to hydrolysis) is 1. The van der Waals surface area contributed by atoms with E-state index < -0.39 is 5.60 Å². The van der Waals surface area contributed by atoms with E-state index in [1.54, 1.807) is 0 Å². The molecule has 1 aromatic carbocycles. The fourth-order valence-corrected chi connectivity index (χ4v) is 2.46. The Kier molecular flexibility index (Phi) is 4.55. The van der Waals surface area contributed by atoms with E-state index in [9.17, 15) is 4.79 Å². The van der Waals surface area contributed by atoms with Crippen LogP contribution >= 0.6 is 11.6 Å². The lowest BCUT2D eigenvalue weighted by atomic mass is 10.0. The van der Waals surface area contributed by atoms with Gasteiger partial charge in [-0.1, -0.05) is 23.7 Å². The Morgan fingerprint density at radius 2 is 2.00 bits per heavy atom. The molecule has 0 aromatic heterocycles. The zero-order chi connectivity index (χ0) is 14.8. The number of benzene rings is 1. The second kappa shape index (κ2) is 6.02. The Bertz CT molecular complexity index is 468. The van der Waals surface area contributed by atoms with Crippen molar-refractivity contribution >= 4 is 17.7 Å². The molecule has 0 saturated carbocycles. The highest BCUT2D eigenvalue weighted by Crippen LogP contribution is 2.25. The standard InChI is InChI=1S/C15H21ClN2O2/c1-15(2,3)20-14(19)18-12-8-9-17-13(12)10-4-6-11(16)7-5-10/h4-7,12-13,17H,8-9H2,1-3H3,(H,18,19). The Morgan fingerprint density at radius 3 is 2.60 bits per heavy atom. The Balaban J connectivity index is 2.00. The quantitative estimate of drug-likeness (QED) is 0.880. The van der Waals surface area contributed by atoms with Gasteiger partial charge in [-0.15, -0.1) is 0 Å².